The van der Waals surface area contributed by atoms with E-state index in [-0.39, 0.29) is 26.4 Å². The minimum Gasteiger partial charge on any atom is -0.454 e. The molecule has 232 valence electrons. The van der Waals surface area contributed by atoms with Crippen molar-refractivity contribution in [3.63, 3.8) is 0 Å². The summed E-state index contributed by atoms with van der Waals surface area (Å²) in [6, 6.07) is 7.92. The van der Waals surface area contributed by atoms with Crippen LogP contribution in [-0.4, -0.2) is 48.3 Å². The number of aliphatic hydroxyl groups is 1. The Morgan fingerprint density at radius 2 is 1.70 bits per heavy atom. The highest BCUT2D eigenvalue weighted by Crippen LogP contribution is 2.51. The molecule has 2 atom stereocenters. The van der Waals surface area contributed by atoms with Gasteiger partial charge in [-0.2, -0.15) is 26.3 Å². The average molecular weight is 615 g/mol. The third-order valence-electron chi connectivity index (χ3n) is 7.86. The number of nitrogens with zero attached hydrogens (tertiary/aromatic N) is 1. The summed E-state index contributed by atoms with van der Waals surface area (Å²) in [6.07, 6.45) is -8.26. The zero-order chi connectivity index (χ0) is 31.8. The SMILES string of the molecule is C=C(/C=C\C(F)=C/C)[C@@]1(C)CN(C(=O)NCc2ccc3c(c2)OCO3)C[C@H]1c1ccc(C(O)(C(F)(F)F)C(F)(F)F)cc1. The standard InChI is InChI=1S/C30H29F7N2O4/c1-4-22(31)11-5-18(2)27(3)16-39(26(40)38-14-19-6-12-24-25(13-19)43-17-42-24)15-23(27)20-7-9-21(10-8-20)28(41,29(32,33)34)30(35,36)37/h4-13,23,41H,2,14-17H2,1,3H3,(H,38,40)/b11-5-,22-4+/t23-,27+/m0/s1. The molecule has 43 heavy (non-hydrogen) atoms. The van der Waals surface area contributed by atoms with Crippen molar-refractivity contribution in [3.05, 3.63) is 95.4 Å². The molecule has 0 aromatic heterocycles. The number of fused-ring (bicyclic) bond motifs is 1. The molecule has 4 rings (SSSR count). The van der Waals surface area contributed by atoms with E-state index < -0.39 is 46.7 Å². The molecule has 2 aliphatic heterocycles. The predicted octanol–water partition coefficient (Wildman–Crippen LogP) is 7.03. The maximum atomic E-state index is 13.9. The van der Waals surface area contributed by atoms with Gasteiger partial charge >= 0.3 is 18.4 Å². The van der Waals surface area contributed by atoms with Gasteiger partial charge in [-0.05, 0) is 41.8 Å². The van der Waals surface area contributed by atoms with Crippen LogP contribution in [0.5, 0.6) is 11.5 Å². The minimum absolute atomic E-state index is 0.0184. The first kappa shape index (κ1) is 31.9. The number of halogens is 7. The number of allylic oxidation sites excluding steroid dienone is 4. The van der Waals surface area contributed by atoms with E-state index in [1.54, 1.807) is 25.1 Å². The van der Waals surface area contributed by atoms with Crippen LogP contribution in [0.3, 0.4) is 0 Å². The largest absolute Gasteiger partial charge is 0.454 e. The molecule has 0 bridgehead atoms. The first-order valence-corrected chi connectivity index (χ1v) is 13.1. The van der Waals surface area contributed by atoms with Gasteiger partial charge in [0.25, 0.3) is 5.60 Å². The van der Waals surface area contributed by atoms with Gasteiger partial charge < -0.3 is 24.8 Å². The molecule has 2 aromatic rings. The van der Waals surface area contributed by atoms with Crippen molar-refractivity contribution in [3.8, 4) is 11.5 Å². The Morgan fingerprint density at radius 1 is 1.07 bits per heavy atom. The van der Waals surface area contributed by atoms with E-state index in [1.807, 2.05) is 0 Å². The zero-order valence-corrected chi connectivity index (χ0v) is 23.2. The molecule has 2 heterocycles. The molecule has 2 amide bonds. The molecule has 1 saturated heterocycles. The molecule has 0 spiro atoms. The van der Waals surface area contributed by atoms with Crippen LogP contribution in [0.4, 0.5) is 35.5 Å². The summed E-state index contributed by atoms with van der Waals surface area (Å²) in [7, 11) is 0. The lowest BCUT2D eigenvalue weighted by Gasteiger charge is -2.34. The maximum Gasteiger partial charge on any atom is 0.430 e. The quantitative estimate of drug-likeness (QED) is 0.260. The van der Waals surface area contributed by atoms with Crippen LogP contribution >= 0.6 is 0 Å². The Balaban J connectivity index is 1.61. The van der Waals surface area contributed by atoms with Crippen molar-refractivity contribution in [2.75, 3.05) is 19.9 Å². The van der Waals surface area contributed by atoms with Crippen molar-refractivity contribution in [2.24, 2.45) is 5.41 Å². The van der Waals surface area contributed by atoms with Gasteiger partial charge in [0.2, 0.25) is 6.79 Å². The minimum atomic E-state index is -6.03. The number of benzene rings is 2. The fourth-order valence-electron chi connectivity index (χ4n) is 5.20. The summed E-state index contributed by atoms with van der Waals surface area (Å²) in [5.41, 5.74) is -6.07. The van der Waals surface area contributed by atoms with E-state index in [1.165, 1.54) is 30.1 Å². The Morgan fingerprint density at radius 3 is 2.30 bits per heavy atom. The van der Waals surface area contributed by atoms with Gasteiger partial charge in [0, 0.05) is 36.5 Å². The van der Waals surface area contributed by atoms with Crippen LogP contribution in [-0.2, 0) is 12.1 Å². The predicted molar refractivity (Wildman–Crippen MR) is 143 cm³/mol. The second-order valence-corrected chi connectivity index (χ2v) is 10.6. The number of urea groups is 1. The molecule has 0 unspecified atom stereocenters. The molecule has 2 N–H and O–H groups in total. The van der Waals surface area contributed by atoms with Gasteiger partial charge in [-0.25, -0.2) is 9.18 Å². The number of amides is 2. The van der Waals surface area contributed by atoms with Crippen LogP contribution in [0.1, 0.15) is 36.5 Å². The third-order valence-corrected chi connectivity index (χ3v) is 7.86. The molecule has 2 aromatic carbocycles. The van der Waals surface area contributed by atoms with Crippen molar-refractivity contribution >= 4 is 6.03 Å². The topological polar surface area (TPSA) is 71.0 Å². The molecule has 1 fully saturated rings. The van der Waals surface area contributed by atoms with Gasteiger partial charge in [0.1, 0.15) is 5.83 Å². The van der Waals surface area contributed by atoms with Crippen LogP contribution in [0.2, 0.25) is 0 Å². The number of hydrogen-bond acceptors (Lipinski definition) is 4. The van der Waals surface area contributed by atoms with Gasteiger partial charge in [-0.15, -0.1) is 0 Å². The van der Waals surface area contributed by atoms with E-state index in [9.17, 15) is 40.6 Å². The third kappa shape index (κ3) is 6.08. The molecular weight excluding hydrogens is 585 g/mol. The van der Waals surface area contributed by atoms with E-state index in [2.05, 4.69) is 11.9 Å². The second kappa shape index (κ2) is 11.6. The first-order chi connectivity index (χ1) is 20.0. The van der Waals surface area contributed by atoms with Crippen LogP contribution in [0, 0.1) is 5.41 Å². The fraction of sp³-hybridized carbons (Fsp3) is 0.367. The van der Waals surface area contributed by atoms with E-state index in [0.717, 1.165) is 17.7 Å². The average Bonchev–Trinajstić information content (AvgIpc) is 3.57. The van der Waals surface area contributed by atoms with Crippen molar-refractivity contribution < 1.29 is 50.1 Å². The molecule has 0 aliphatic carbocycles. The number of carbonyl (C=O) groups is 1. The summed E-state index contributed by atoms with van der Waals surface area (Å²) < 4.78 is 105. The van der Waals surface area contributed by atoms with Crippen LogP contribution in [0.15, 0.2) is 78.7 Å². The van der Waals surface area contributed by atoms with Gasteiger partial charge in [-0.3, -0.25) is 0 Å². The van der Waals surface area contributed by atoms with Crippen LogP contribution in [0.25, 0.3) is 0 Å². The zero-order valence-electron chi connectivity index (χ0n) is 23.2. The Kier molecular flexibility index (Phi) is 8.60. The lowest BCUT2D eigenvalue weighted by molar-refractivity contribution is -0.376. The van der Waals surface area contributed by atoms with Crippen molar-refractivity contribution in [2.45, 2.75) is 44.3 Å². The number of rotatable bonds is 7. The summed E-state index contributed by atoms with van der Waals surface area (Å²) in [5.74, 6) is -0.110. The number of ether oxygens (including phenoxy) is 2. The highest BCUT2D eigenvalue weighted by Gasteiger charge is 2.71. The number of nitrogens with one attached hydrogen (secondary N) is 1. The maximum absolute atomic E-state index is 13.9. The second-order valence-electron chi connectivity index (χ2n) is 10.6. The van der Waals surface area contributed by atoms with Crippen molar-refractivity contribution in [1.82, 2.24) is 10.2 Å². The fourth-order valence-corrected chi connectivity index (χ4v) is 5.20. The molecular formula is C30H29F7N2O4. The Labute approximate surface area is 243 Å². The van der Waals surface area contributed by atoms with E-state index in [0.29, 0.717) is 34.8 Å². The summed E-state index contributed by atoms with van der Waals surface area (Å²) >= 11 is 0. The molecule has 13 heteroatoms. The van der Waals surface area contributed by atoms with Gasteiger partial charge in [0.15, 0.2) is 11.5 Å². The van der Waals surface area contributed by atoms with Crippen LogP contribution < -0.4 is 14.8 Å². The molecule has 6 nitrogen and oxygen atoms in total. The monoisotopic (exact) mass is 614 g/mol. The van der Waals surface area contributed by atoms with E-state index >= 15 is 0 Å². The van der Waals surface area contributed by atoms with Gasteiger partial charge in [0.05, 0.1) is 0 Å². The Hall–Kier alpha value is -4.00. The normalized spacial score (nSPS) is 21.0. The first-order valence-electron chi connectivity index (χ1n) is 13.1. The Bertz CT molecular complexity index is 1420. The highest BCUT2D eigenvalue weighted by molar-refractivity contribution is 5.75. The summed E-state index contributed by atoms with van der Waals surface area (Å²) in [6.45, 7) is 7.53. The molecule has 0 radical (unpaired) electrons. The number of likely N-dealkylation sites (tertiary alicyclic amines) is 1. The highest BCUT2D eigenvalue weighted by atomic mass is 19.4. The number of alkyl halides is 6. The van der Waals surface area contributed by atoms with Crippen molar-refractivity contribution in [1.29, 1.82) is 0 Å². The lowest BCUT2D eigenvalue weighted by atomic mass is 9.71. The van der Waals surface area contributed by atoms with Gasteiger partial charge in [-0.1, -0.05) is 56.0 Å². The summed E-state index contributed by atoms with van der Waals surface area (Å²) in [4.78, 5) is 14.7. The number of carbonyl (C=O) groups excluding carboxylic acids is 1. The molecule has 0 saturated carbocycles. The number of hydrogen-bond donors (Lipinski definition) is 2. The smallest absolute Gasteiger partial charge is 0.430 e. The summed E-state index contributed by atoms with van der Waals surface area (Å²) in [5, 5.41) is 12.6. The lowest BCUT2D eigenvalue weighted by Crippen LogP contribution is -2.53. The molecule has 2 aliphatic rings. The van der Waals surface area contributed by atoms with E-state index in [4.69, 9.17) is 9.47 Å².